The Bertz CT molecular complexity index is 154. The third kappa shape index (κ3) is 1.14. The Balaban J connectivity index is 1.89. The Morgan fingerprint density at radius 1 is 1.60 bits per heavy atom. The van der Waals surface area contributed by atoms with Gasteiger partial charge in [0.15, 0.2) is 0 Å². The number of carbonyl (C=O) groups is 1. The number of hydrogen-bond donors (Lipinski definition) is 1. The van der Waals surface area contributed by atoms with Crippen molar-refractivity contribution in [1.82, 2.24) is 5.32 Å². The molecule has 2 atom stereocenters. The highest BCUT2D eigenvalue weighted by Crippen LogP contribution is 2.21. The highest BCUT2D eigenvalue weighted by molar-refractivity contribution is 5.77. The predicted molar refractivity (Wildman–Crippen MR) is 35.5 cm³/mol. The molecule has 2 saturated heterocycles. The molecular weight excluding hydrogens is 130 g/mol. The summed E-state index contributed by atoms with van der Waals surface area (Å²) >= 11 is 0. The van der Waals surface area contributed by atoms with Crippen molar-refractivity contribution in [2.24, 2.45) is 0 Å². The minimum atomic E-state index is 0.187. The Kier molecular flexibility index (Phi) is 1.38. The molecule has 0 bridgehead atoms. The molecule has 0 aliphatic carbocycles. The first kappa shape index (κ1) is 6.16. The predicted octanol–water partition coefficient (Wildman–Crippen LogP) is 0.0539. The normalized spacial score (nSPS) is 39.0. The fourth-order valence-corrected chi connectivity index (χ4v) is 1.40. The van der Waals surface area contributed by atoms with E-state index >= 15 is 0 Å². The molecule has 56 valence electrons. The zero-order valence-electron chi connectivity index (χ0n) is 5.80. The van der Waals surface area contributed by atoms with Crippen molar-refractivity contribution < 1.29 is 9.53 Å². The van der Waals surface area contributed by atoms with E-state index in [1.54, 1.807) is 0 Å². The van der Waals surface area contributed by atoms with Crippen molar-refractivity contribution in [1.29, 1.82) is 0 Å². The molecule has 2 fully saturated rings. The van der Waals surface area contributed by atoms with Crippen LogP contribution in [0.25, 0.3) is 0 Å². The molecule has 2 aliphatic heterocycles. The molecule has 0 radical (unpaired) electrons. The van der Waals surface area contributed by atoms with Crippen LogP contribution >= 0.6 is 0 Å². The number of hydrogen-bond acceptors (Lipinski definition) is 2. The summed E-state index contributed by atoms with van der Waals surface area (Å²) in [6, 6.07) is 0.321. The third-order valence-corrected chi connectivity index (χ3v) is 2.07. The third-order valence-electron chi connectivity index (χ3n) is 2.07. The molecule has 0 unspecified atom stereocenters. The Morgan fingerprint density at radius 2 is 2.40 bits per heavy atom. The van der Waals surface area contributed by atoms with E-state index in [-0.39, 0.29) is 5.91 Å². The number of piperidine rings is 1. The van der Waals surface area contributed by atoms with Crippen molar-refractivity contribution in [2.45, 2.75) is 31.4 Å². The smallest absolute Gasteiger partial charge is 0.220 e. The molecule has 2 rings (SSSR count). The van der Waals surface area contributed by atoms with E-state index in [1.165, 1.54) is 0 Å². The molecule has 0 aromatic heterocycles. The van der Waals surface area contributed by atoms with Crippen molar-refractivity contribution in [3.63, 3.8) is 0 Å². The summed E-state index contributed by atoms with van der Waals surface area (Å²) in [5.74, 6) is 0.187. The number of carbonyl (C=O) groups excluding carboxylic acids is 1. The average Bonchev–Trinajstić information content (AvgIpc) is 2.68. The maximum Gasteiger partial charge on any atom is 0.220 e. The summed E-state index contributed by atoms with van der Waals surface area (Å²) in [4.78, 5) is 10.8. The van der Waals surface area contributed by atoms with Gasteiger partial charge in [0, 0.05) is 6.42 Å². The molecule has 2 aliphatic rings. The fraction of sp³-hybridized carbons (Fsp3) is 0.857. The minimum Gasteiger partial charge on any atom is -0.371 e. The number of epoxide rings is 1. The van der Waals surface area contributed by atoms with Crippen LogP contribution in [0, 0.1) is 0 Å². The molecular formula is C7H11NO2. The van der Waals surface area contributed by atoms with Gasteiger partial charge in [0.1, 0.15) is 6.10 Å². The van der Waals surface area contributed by atoms with Gasteiger partial charge in [-0.1, -0.05) is 0 Å². The standard InChI is InChI=1S/C7H11NO2/c9-7-3-1-2-5(8-7)6-4-10-6/h5-6H,1-4H2,(H,8,9)/t5-,6-/m1/s1. The minimum absolute atomic E-state index is 0.187. The Hall–Kier alpha value is -0.570. The molecule has 3 heteroatoms. The van der Waals surface area contributed by atoms with Gasteiger partial charge in [0.2, 0.25) is 5.91 Å². The summed E-state index contributed by atoms with van der Waals surface area (Å²) < 4.78 is 5.08. The molecule has 3 nitrogen and oxygen atoms in total. The molecule has 2 heterocycles. The molecule has 0 saturated carbocycles. The van der Waals surface area contributed by atoms with Crippen LogP contribution in [0.3, 0.4) is 0 Å². The van der Waals surface area contributed by atoms with Crippen LogP contribution in [-0.4, -0.2) is 24.7 Å². The van der Waals surface area contributed by atoms with Crippen LogP contribution in [0.2, 0.25) is 0 Å². The van der Waals surface area contributed by atoms with E-state index in [9.17, 15) is 4.79 Å². The summed E-state index contributed by atoms with van der Waals surface area (Å²) in [6.45, 7) is 0.838. The van der Waals surface area contributed by atoms with E-state index in [0.29, 0.717) is 18.6 Å². The molecule has 0 aromatic rings. The first-order chi connectivity index (χ1) is 4.86. The summed E-state index contributed by atoms with van der Waals surface area (Å²) in [5, 5.41) is 2.91. The Labute approximate surface area is 59.7 Å². The molecule has 1 N–H and O–H groups in total. The van der Waals surface area contributed by atoms with E-state index < -0.39 is 0 Å². The van der Waals surface area contributed by atoms with E-state index in [1.807, 2.05) is 0 Å². The van der Waals surface area contributed by atoms with Crippen LogP contribution in [0.1, 0.15) is 19.3 Å². The number of nitrogens with one attached hydrogen (secondary N) is 1. The van der Waals surface area contributed by atoms with Gasteiger partial charge in [0.05, 0.1) is 12.6 Å². The lowest BCUT2D eigenvalue weighted by atomic mass is 10.0. The molecule has 10 heavy (non-hydrogen) atoms. The van der Waals surface area contributed by atoms with Gasteiger partial charge >= 0.3 is 0 Å². The zero-order valence-corrected chi connectivity index (χ0v) is 5.80. The molecule has 0 spiro atoms. The van der Waals surface area contributed by atoms with Crippen LogP contribution in [0.4, 0.5) is 0 Å². The van der Waals surface area contributed by atoms with Crippen molar-refractivity contribution >= 4 is 5.91 Å². The molecule has 0 aromatic carbocycles. The number of ether oxygens (including phenoxy) is 1. The van der Waals surface area contributed by atoms with Crippen LogP contribution in [0.15, 0.2) is 0 Å². The summed E-state index contributed by atoms with van der Waals surface area (Å²) in [5.41, 5.74) is 0. The van der Waals surface area contributed by atoms with E-state index in [2.05, 4.69) is 5.32 Å². The SMILES string of the molecule is O=C1CCC[C@H]([C@H]2CO2)N1. The van der Waals surface area contributed by atoms with E-state index in [0.717, 1.165) is 19.4 Å². The largest absolute Gasteiger partial charge is 0.371 e. The second kappa shape index (κ2) is 2.23. The first-order valence-electron chi connectivity index (χ1n) is 3.77. The van der Waals surface area contributed by atoms with Gasteiger partial charge in [0.25, 0.3) is 0 Å². The van der Waals surface area contributed by atoms with E-state index in [4.69, 9.17) is 4.74 Å². The number of rotatable bonds is 1. The number of amides is 1. The van der Waals surface area contributed by atoms with Gasteiger partial charge in [-0.2, -0.15) is 0 Å². The van der Waals surface area contributed by atoms with Crippen molar-refractivity contribution in [3.05, 3.63) is 0 Å². The van der Waals surface area contributed by atoms with Crippen LogP contribution in [0.5, 0.6) is 0 Å². The zero-order chi connectivity index (χ0) is 6.97. The molecule has 1 amide bonds. The van der Waals surface area contributed by atoms with Gasteiger partial charge in [-0.15, -0.1) is 0 Å². The monoisotopic (exact) mass is 141 g/mol. The Morgan fingerprint density at radius 3 is 3.00 bits per heavy atom. The van der Waals surface area contributed by atoms with Gasteiger partial charge in [-0.05, 0) is 12.8 Å². The summed E-state index contributed by atoms with van der Waals surface area (Å²) in [7, 11) is 0. The highest BCUT2D eigenvalue weighted by atomic mass is 16.6. The maximum absolute atomic E-state index is 10.8. The van der Waals surface area contributed by atoms with Crippen LogP contribution in [-0.2, 0) is 9.53 Å². The second-order valence-corrected chi connectivity index (χ2v) is 2.94. The summed E-state index contributed by atoms with van der Waals surface area (Å²) in [6.07, 6.45) is 3.15. The second-order valence-electron chi connectivity index (χ2n) is 2.94. The topological polar surface area (TPSA) is 41.6 Å². The van der Waals surface area contributed by atoms with Crippen LogP contribution < -0.4 is 5.32 Å². The average molecular weight is 141 g/mol. The van der Waals surface area contributed by atoms with Gasteiger partial charge < -0.3 is 10.1 Å². The first-order valence-corrected chi connectivity index (χ1v) is 3.77. The quantitative estimate of drug-likeness (QED) is 0.524. The van der Waals surface area contributed by atoms with Crippen molar-refractivity contribution in [2.75, 3.05) is 6.61 Å². The fourth-order valence-electron chi connectivity index (χ4n) is 1.40. The van der Waals surface area contributed by atoms with Crippen molar-refractivity contribution in [3.8, 4) is 0 Å². The van der Waals surface area contributed by atoms with Gasteiger partial charge in [-0.25, -0.2) is 0 Å². The highest BCUT2D eigenvalue weighted by Gasteiger charge is 2.35. The lowest BCUT2D eigenvalue weighted by Gasteiger charge is -2.20. The lowest BCUT2D eigenvalue weighted by molar-refractivity contribution is -0.123. The lowest BCUT2D eigenvalue weighted by Crippen LogP contribution is -2.42. The van der Waals surface area contributed by atoms with Gasteiger partial charge in [-0.3, -0.25) is 4.79 Å². The maximum atomic E-state index is 10.8.